The van der Waals surface area contributed by atoms with Crippen LogP contribution in [0.1, 0.15) is 18.4 Å². The van der Waals surface area contributed by atoms with Crippen molar-refractivity contribution in [3.05, 3.63) is 23.8 Å². The van der Waals surface area contributed by atoms with Gasteiger partial charge in [0.2, 0.25) is 0 Å². The summed E-state index contributed by atoms with van der Waals surface area (Å²) in [5.41, 5.74) is 13.0. The first-order chi connectivity index (χ1) is 6.18. The Hall–Kier alpha value is -1.22. The fraction of sp³-hybridized carbons (Fsp3) is 0.400. The number of hydrogen-bond acceptors (Lipinski definition) is 3. The smallest absolute Gasteiger partial charge is 0.138 e. The highest BCUT2D eigenvalue weighted by molar-refractivity contribution is 5.55. The molecular formula is C10H14N2O. The normalized spacial score (nSPS) is 18.5. The van der Waals surface area contributed by atoms with E-state index in [9.17, 15) is 5.11 Å². The summed E-state index contributed by atoms with van der Waals surface area (Å²) in [6, 6.07) is 5.38. The summed E-state index contributed by atoms with van der Waals surface area (Å²) >= 11 is 0. The molecule has 0 amide bonds. The van der Waals surface area contributed by atoms with Crippen molar-refractivity contribution in [2.45, 2.75) is 18.3 Å². The third-order valence-corrected chi connectivity index (χ3v) is 2.88. The van der Waals surface area contributed by atoms with Crippen LogP contribution in [0.25, 0.3) is 0 Å². The molecule has 13 heavy (non-hydrogen) atoms. The number of aromatic hydroxyl groups is 1. The van der Waals surface area contributed by atoms with Crippen molar-refractivity contribution in [2.24, 2.45) is 5.73 Å². The molecule has 0 heterocycles. The minimum absolute atomic E-state index is 0.150. The molecule has 1 fully saturated rings. The van der Waals surface area contributed by atoms with Gasteiger partial charge in [-0.25, -0.2) is 0 Å². The third kappa shape index (κ3) is 1.25. The molecule has 1 aromatic rings. The second kappa shape index (κ2) is 2.64. The van der Waals surface area contributed by atoms with E-state index in [1.807, 2.05) is 12.1 Å². The Labute approximate surface area is 77.4 Å². The van der Waals surface area contributed by atoms with E-state index in [1.54, 1.807) is 6.07 Å². The van der Waals surface area contributed by atoms with E-state index in [2.05, 4.69) is 0 Å². The molecule has 0 aliphatic heterocycles. The zero-order chi connectivity index (χ0) is 9.47. The van der Waals surface area contributed by atoms with Crippen LogP contribution in [0.15, 0.2) is 18.2 Å². The SMILES string of the molecule is NCC1(c2ccc(O)c(N)c2)CC1. The fourth-order valence-corrected chi connectivity index (χ4v) is 1.65. The summed E-state index contributed by atoms with van der Waals surface area (Å²) in [7, 11) is 0. The number of anilines is 1. The Morgan fingerprint density at radius 1 is 1.38 bits per heavy atom. The second-order valence-electron chi connectivity index (χ2n) is 3.76. The van der Waals surface area contributed by atoms with Crippen LogP contribution in [0.2, 0.25) is 0 Å². The first-order valence-electron chi connectivity index (χ1n) is 4.47. The van der Waals surface area contributed by atoms with Gasteiger partial charge in [0.15, 0.2) is 0 Å². The topological polar surface area (TPSA) is 72.3 Å². The van der Waals surface area contributed by atoms with Crippen molar-refractivity contribution in [2.75, 3.05) is 12.3 Å². The molecule has 70 valence electrons. The average Bonchev–Trinajstić information content (AvgIpc) is 2.90. The summed E-state index contributed by atoms with van der Waals surface area (Å²) in [6.07, 6.45) is 2.27. The molecule has 0 atom stereocenters. The molecule has 5 N–H and O–H groups in total. The number of rotatable bonds is 2. The summed E-state index contributed by atoms with van der Waals surface area (Å²) in [5.74, 6) is 0.150. The highest BCUT2D eigenvalue weighted by atomic mass is 16.3. The van der Waals surface area contributed by atoms with Crippen LogP contribution in [-0.4, -0.2) is 11.7 Å². The minimum Gasteiger partial charge on any atom is -0.506 e. The van der Waals surface area contributed by atoms with Crippen LogP contribution in [0.5, 0.6) is 5.75 Å². The molecule has 1 saturated carbocycles. The second-order valence-corrected chi connectivity index (χ2v) is 3.76. The molecule has 1 aliphatic rings. The van der Waals surface area contributed by atoms with E-state index in [1.165, 1.54) is 0 Å². The molecule has 0 bridgehead atoms. The third-order valence-electron chi connectivity index (χ3n) is 2.88. The lowest BCUT2D eigenvalue weighted by atomic mass is 9.95. The molecule has 1 aliphatic carbocycles. The molecule has 3 nitrogen and oxygen atoms in total. The van der Waals surface area contributed by atoms with Gasteiger partial charge in [0.1, 0.15) is 5.75 Å². The first-order valence-corrected chi connectivity index (χ1v) is 4.47. The van der Waals surface area contributed by atoms with Crippen molar-refractivity contribution >= 4 is 5.69 Å². The summed E-state index contributed by atoms with van der Waals surface area (Å²) < 4.78 is 0. The van der Waals surface area contributed by atoms with Crippen molar-refractivity contribution in [3.63, 3.8) is 0 Å². The van der Waals surface area contributed by atoms with E-state index in [4.69, 9.17) is 11.5 Å². The van der Waals surface area contributed by atoms with Gasteiger partial charge < -0.3 is 16.6 Å². The van der Waals surface area contributed by atoms with Gasteiger partial charge in [0.05, 0.1) is 5.69 Å². The Morgan fingerprint density at radius 3 is 2.54 bits per heavy atom. The number of phenolic OH excluding ortho intramolecular Hbond substituents is 1. The van der Waals surface area contributed by atoms with E-state index in [0.29, 0.717) is 12.2 Å². The molecule has 3 heteroatoms. The van der Waals surface area contributed by atoms with E-state index < -0.39 is 0 Å². The van der Waals surface area contributed by atoms with Gasteiger partial charge in [-0.1, -0.05) is 6.07 Å². The quantitative estimate of drug-likeness (QED) is 0.466. The lowest BCUT2D eigenvalue weighted by Gasteiger charge is -2.13. The van der Waals surface area contributed by atoms with Gasteiger partial charge >= 0.3 is 0 Å². The van der Waals surface area contributed by atoms with Crippen LogP contribution in [-0.2, 0) is 5.41 Å². The zero-order valence-electron chi connectivity index (χ0n) is 7.46. The molecule has 1 aromatic carbocycles. The Kier molecular flexibility index (Phi) is 1.70. The Morgan fingerprint density at radius 2 is 2.08 bits per heavy atom. The van der Waals surface area contributed by atoms with Crippen molar-refractivity contribution in [3.8, 4) is 5.75 Å². The highest BCUT2D eigenvalue weighted by Gasteiger charge is 2.42. The number of benzene rings is 1. The van der Waals surface area contributed by atoms with Crippen LogP contribution < -0.4 is 11.5 Å². The van der Waals surface area contributed by atoms with Gasteiger partial charge in [0.25, 0.3) is 0 Å². The van der Waals surface area contributed by atoms with E-state index >= 15 is 0 Å². The maximum atomic E-state index is 9.25. The molecule has 0 saturated heterocycles. The fourth-order valence-electron chi connectivity index (χ4n) is 1.65. The number of phenols is 1. The molecule has 0 aromatic heterocycles. The lowest BCUT2D eigenvalue weighted by molar-refractivity contribution is 0.477. The highest BCUT2D eigenvalue weighted by Crippen LogP contribution is 2.48. The number of nitrogen functional groups attached to an aromatic ring is 1. The maximum absolute atomic E-state index is 9.25. The van der Waals surface area contributed by atoms with Crippen molar-refractivity contribution in [1.29, 1.82) is 0 Å². The zero-order valence-corrected chi connectivity index (χ0v) is 7.46. The van der Waals surface area contributed by atoms with Crippen LogP contribution >= 0.6 is 0 Å². The van der Waals surface area contributed by atoms with Crippen molar-refractivity contribution < 1.29 is 5.11 Å². The molecular weight excluding hydrogens is 164 g/mol. The predicted molar refractivity (Wildman–Crippen MR) is 52.5 cm³/mol. The summed E-state index contributed by atoms with van der Waals surface area (Å²) in [5, 5.41) is 9.25. The van der Waals surface area contributed by atoms with Crippen LogP contribution in [0.4, 0.5) is 5.69 Å². The minimum atomic E-state index is 0.150. The average molecular weight is 178 g/mol. The summed E-state index contributed by atoms with van der Waals surface area (Å²) in [6.45, 7) is 0.664. The molecule has 0 spiro atoms. The Bertz CT molecular complexity index is 332. The summed E-state index contributed by atoms with van der Waals surface area (Å²) in [4.78, 5) is 0. The van der Waals surface area contributed by atoms with Gasteiger partial charge in [-0.2, -0.15) is 0 Å². The van der Waals surface area contributed by atoms with Gasteiger partial charge in [0, 0.05) is 12.0 Å². The maximum Gasteiger partial charge on any atom is 0.138 e. The number of nitrogens with two attached hydrogens (primary N) is 2. The molecule has 2 rings (SSSR count). The Balaban J connectivity index is 2.37. The lowest BCUT2D eigenvalue weighted by Crippen LogP contribution is -2.19. The standard InChI is InChI=1S/C10H14N2O/c11-6-10(3-4-10)7-1-2-9(13)8(12)5-7/h1-2,5,13H,3-4,6,11-12H2. The van der Waals surface area contributed by atoms with Gasteiger partial charge in [-0.15, -0.1) is 0 Å². The molecule has 0 radical (unpaired) electrons. The van der Waals surface area contributed by atoms with Crippen LogP contribution in [0.3, 0.4) is 0 Å². The van der Waals surface area contributed by atoms with E-state index in [0.717, 1.165) is 18.4 Å². The largest absolute Gasteiger partial charge is 0.506 e. The van der Waals surface area contributed by atoms with Crippen LogP contribution in [0, 0.1) is 0 Å². The molecule has 0 unspecified atom stereocenters. The van der Waals surface area contributed by atoms with Crippen molar-refractivity contribution in [1.82, 2.24) is 0 Å². The predicted octanol–water partition coefficient (Wildman–Crippen LogP) is 0.965. The monoisotopic (exact) mass is 178 g/mol. The van der Waals surface area contributed by atoms with E-state index in [-0.39, 0.29) is 11.2 Å². The first kappa shape index (κ1) is 8.38. The number of hydrogen-bond donors (Lipinski definition) is 3. The van der Waals surface area contributed by atoms with Gasteiger partial charge in [-0.3, -0.25) is 0 Å². The van der Waals surface area contributed by atoms with Gasteiger partial charge in [-0.05, 0) is 30.5 Å².